The molecule has 0 aliphatic carbocycles. The number of halogens is 1. The smallest absolute Gasteiger partial charge is 0.316 e. The number of nitro groups is 1. The number of fused-ring (bicyclic) bond motifs is 1. The first-order chi connectivity index (χ1) is 14.0. The van der Waals surface area contributed by atoms with Gasteiger partial charge in [-0.25, -0.2) is 0 Å². The van der Waals surface area contributed by atoms with Gasteiger partial charge in [0.1, 0.15) is 17.4 Å². The van der Waals surface area contributed by atoms with Crippen molar-refractivity contribution in [3.8, 4) is 5.75 Å². The van der Waals surface area contributed by atoms with Crippen molar-refractivity contribution in [3.05, 3.63) is 69.5 Å². The van der Waals surface area contributed by atoms with Crippen LogP contribution in [0.5, 0.6) is 5.75 Å². The first kappa shape index (κ1) is 20.9. The highest BCUT2D eigenvalue weighted by atomic mass is 35.5. The van der Waals surface area contributed by atoms with Gasteiger partial charge < -0.3 is 9.47 Å². The second-order valence-electron chi connectivity index (χ2n) is 5.87. The molecule has 0 saturated carbocycles. The summed E-state index contributed by atoms with van der Waals surface area (Å²) in [5.41, 5.74) is 0.231. The maximum Gasteiger partial charge on any atom is 0.316 e. The van der Waals surface area contributed by atoms with E-state index in [4.69, 9.17) is 21.1 Å². The van der Waals surface area contributed by atoms with Crippen molar-refractivity contribution in [2.45, 2.75) is 18.4 Å². The first-order valence-corrected chi connectivity index (χ1v) is 10.1. The molecule has 0 amide bonds. The molecule has 0 spiro atoms. The first-order valence-electron chi connectivity index (χ1n) is 8.71. The summed E-state index contributed by atoms with van der Waals surface area (Å²) >= 11 is 7.51. The number of nitro benzene ring substituents is 1. The van der Waals surface area contributed by atoms with Gasteiger partial charge in [-0.2, -0.15) is 0 Å². The summed E-state index contributed by atoms with van der Waals surface area (Å²) in [5.74, 6) is 0.295. The van der Waals surface area contributed by atoms with E-state index in [0.29, 0.717) is 16.2 Å². The lowest BCUT2D eigenvalue weighted by Crippen LogP contribution is -2.07. The van der Waals surface area contributed by atoms with Crippen molar-refractivity contribution < 1.29 is 19.2 Å². The van der Waals surface area contributed by atoms with Gasteiger partial charge in [0.2, 0.25) is 0 Å². The van der Waals surface area contributed by atoms with Crippen LogP contribution in [0, 0.1) is 10.1 Å². The third kappa shape index (κ3) is 4.96. The number of esters is 1. The topological polar surface area (TPSA) is 91.6 Å². The number of hydrogen-bond donors (Lipinski definition) is 0. The number of ether oxygens (including phenoxy) is 2. The van der Waals surface area contributed by atoms with Gasteiger partial charge >= 0.3 is 5.97 Å². The minimum absolute atomic E-state index is 0.00705. The Morgan fingerprint density at radius 2 is 2.10 bits per heavy atom. The number of aromatic nitrogens is 1. The molecule has 0 aliphatic heterocycles. The monoisotopic (exact) mass is 432 g/mol. The van der Waals surface area contributed by atoms with Gasteiger partial charge in [0, 0.05) is 39.7 Å². The van der Waals surface area contributed by atoms with Crippen molar-refractivity contribution >= 4 is 45.8 Å². The van der Waals surface area contributed by atoms with Crippen LogP contribution in [0.1, 0.15) is 12.5 Å². The molecule has 150 valence electrons. The van der Waals surface area contributed by atoms with E-state index in [1.807, 2.05) is 18.2 Å². The lowest BCUT2D eigenvalue weighted by Gasteiger charge is -2.14. The summed E-state index contributed by atoms with van der Waals surface area (Å²) in [6, 6.07) is 10.3. The van der Waals surface area contributed by atoms with Gasteiger partial charge in [-0.15, -0.1) is 11.8 Å². The number of hydrogen-bond acceptors (Lipinski definition) is 7. The Kier molecular flexibility index (Phi) is 6.90. The summed E-state index contributed by atoms with van der Waals surface area (Å²) in [4.78, 5) is 27.1. The average molecular weight is 433 g/mol. The molecule has 0 radical (unpaired) electrons. The lowest BCUT2D eigenvalue weighted by molar-refractivity contribution is -0.384. The van der Waals surface area contributed by atoms with E-state index in [2.05, 4.69) is 4.98 Å². The molecule has 9 heteroatoms. The summed E-state index contributed by atoms with van der Waals surface area (Å²) < 4.78 is 10.9. The van der Waals surface area contributed by atoms with Crippen LogP contribution >= 0.6 is 23.4 Å². The average Bonchev–Trinajstić information content (AvgIpc) is 2.71. The number of nitrogens with zero attached hydrogens (tertiary/aromatic N) is 2. The molecular formula is C20H17ClN2O5S. The maximum absolute atomic E-state index is 11.7. The minimum Gasteiger partial charge on any atom is -0.488 e. The van der Waals surface area contributed by atoms with Gasteiger partial charge in [-0.3, -0.25) is 19.9 Å². The summed E-state index contributed by atoms with van der Waals surface area (Å²) in [6.45, 7) is 2.02. The number of carbonyl (C=O) groups excluding carboxylic acids is 1. The molecule has 0 bridgehead atoms. The Labute approximate surface area is 176 Å². The predicted octanol–water partition coefficient (Wildman–Crippen LogP) is 5.03. The lowest BCUT2D eigenvalue weighted by atomic mass is 10.1. The standard InChI is InChI=1S/C20H17ClN2O5S/c1-2-27-19(24)12-29-18-7-6-16(23(25)26)20(21)15(18)11-28-17-5-3-4-13-10-22-9-8-14(13)17/h3-10H,2,11-12H2,1H3. The van der Waals surface area contributed by atoms with Crippen molar-refractivity contribution in [1.29, 1.82) is 0 Å². The van der Waals surface area contributed by atoms with Gasteiger partial charge in [-0.1, -0.05) is 23.7 Å². The second-order valence-corrected chi connectivity index (χ2v) is 7.26. The zero-order valence-electron chi connectivity index (χ0n) is 15.5. The van der Waals surface area contributed by atoms with E-state index in [1.165, 1.54) is 17.8 Å². The Bertz CT molecular complexity index is 1050. The van der Waals surface area contributed by atoms with Crippen LogP contribution in [-0.4, -0.2) is 28.2 Å². The van der Waals surface area contributed by atoms with E-state index in [1.54, 1.807) is 31.5 Å². The van der Waals surface area contributed by atoms with Crippen LogP contribution in [0.4, 0.5) is 5.69 Å². The quantitative estimate of drug-likeness (QED) is 0.213. The van der Waals surface area contributed by atoms with Crippen molar-refractivity contribution in [3.63, 3.8) is 0 Å². The summed E-state index contributed by atoms with van der Waals surface area (Å²) in [5, 5.41) is 13.0. The third-order valence-corrected chi connectivity index (χ3v) is 5.54. The van der Waals surface area contributed by atoms with E-state index >= 15 is 0 Å². The van der Waals surface area contributed by atoms with Gasteiger partial charge in [-0.05, 0) is 25.1 Å². The highest BCUT2D eigenvalue weighted by molar-refractivity contribution is 8.00. The second kappa shape index (κ2) is 9.58. The molecule has 3 rings (SSSR count). The summed E-state index contributed by atoms with van der Waals surface area (Å²) in [6.07, 6.45) is 3.39. The van der Waals surface area contributed by atoms with E-state index in [-0.39, 0.29) is 35.6 Å². The summed E-state index contributed by atoms with van der Waals surface area (Å²) in [7, 11) is 0. The largest absolute Gasteiger partial charge is 0.488 e. The molecule has 0 saturated heterocycles. The molecular weight excluding hydrogens is 416 g/mol. The van der Waals surface area contributed by atoms with Gasteiger partial charge in [0.05, 0.1) is 17.3 Å². The van der Waals surface area contributed by atoms with Crippen LogP contribution in [0.25, 0.3) is 10.8 Å². The fourth-order valence-electron chi connectivity index (χ4n) is 2.71. The van der Waals surface area contributed by atoms with Crippen molar-refractivity contribution in [2.24, 2.45) is 0 Å². The Balaban J connectivity index is 1.89. The number of rotatable bonds is 8. The number of benzene rings is 2. The molecule has 1 heterocycles. The molecule has 0 aliphatic rings. The highest BCUT2D eigenvalue weighted by Crippen LogP contribution is 2.36. The fraction of sp³-hybridized carbons (Fsp3) is 0.200. The SMILES string of the molecule is CCOC(=O)CSc1ccc([N+](=O)[O-])c(Cl)c1COc1cccc2cnccc12. The van der Waals surface area contributed by atoms with Gasteiger partial charge in [0.15, 0.2) is 0 Å². The van der Waals surface area contributed by atoms with Crippen LogP contribution in [0.3, 0.4) is 0 Å². The maximum atomic E-state index is 11.7. The van der Waals surface area contributed by atoms with Crippen molar-refractivity contribution in [2.75, 3.05) is 12.4 Å². The Hall–Kier alpha value is -2.84. The highest BCUT2D eigenvalue weighted by Gasteiger charge is 2.21. The minimum atomic E-state index is -0.546. The number of thioether (sulfide) groups is 1. The molecule has 0 N–H and O–H groups in total. The molecule has 29 heavy (non-hydrogen) atoms. The predicted molar refractivity (Wildman–Crippen MR) is 112 cm³/mol. The van der Waals surface area contributed by atoms with Gasteiger partial charge in [0.25, 0.3) is 5.69 Å². The Morgan fingerprint density at radius 3 is 2.86 bits per heavy atom. The van der Waals surface area contributed by atoms with Crippen LogP contribution in [-0.2, 0) is 16.1 Å². The van der Waals surface area contributed by atoms with E-state index < -0.39 is 4.92 Å². The molecule has 2 aromatic carbocycles. The van der Waals surface area contributed by atoms with Crippen LogP contribution in [0.2, 0.25) is 5.02 Å². The molecule has 7 nitrogen and oxygen atoms in total. The number of pyridine rings is 1. The number of carbonyl (C=O) groups is 1. The molecule has 1 aromatic heterocycles. The van der Waals surface area contributed by atoms with Crippen molar-refractivity contribution in [1.82, 2.24) is 4.98 Å². The Morgan fingerprint density at radius 1 is 1.28 bits per heavy atom. The van der Waals surface area contributed by atoms with Crippen LogP contribution in [0.15, 0.2) is 53.7 Å². The van der Waals surface area contributed by atoms with Crippen LogP contribution < -0.4 is 4.74 Å². The zero-order valence-corrected chi connectivity index (χ0v) is 17.0. The fourth-order valence-corrected chi connectivity index (χ4v) is 3.91. The molecule has 0 fully saturated rings. The zero-order chi connectivity index (χ0) is 20.8. The third-order valence-electron chi connectivity index (χ3n) is 4.04. The molecule has 3 aromatic rings. The normalized spacial score (nSPS) is 10.7. The molecule has 0 unspecified atom stereocenters. The molecule has 0 atom stereocenters. The van der Waals surface area contributed by atoms with E-state index in [9.17, 15) is 14.9 Å². The van der Waals surface area contributed by atoms with E-state index in [0.717, 1.165) is 10.8 Å².